The molecule has 0 aliphatic carbocycles. The predicted molar refractivity (Wildman–Crippen MR) is 99.6 cm³/mol. The van der Waals surface area contributed by atoms with Crippen LogP contribution in [0.4, 0.5) is 5.69 Å². The van der Waals surface area contributed by atoms with Gasteiger partial charge < -0.3 is 15.4 Å². The Morgan fingerprint density at radius 2 is 2.17 bits per heavy atom. The second-order valence-electron chi connectivity index (χ2n) is 5.18. The van der Waals surface area contributed by atoms with E-state index < -0.39 is 0 Å². The summed E-state index contributed by atoms with van der Waals surface area (Å²) in [7, 11) is 1.40. The van der Waals surface area contributed by atoms with Crippen molar-refractivity contribution in [3.05, 3.63) is 34.9 Å². The molecule has 1 aliphatic rings. The third-order valence-electron chi connectivity index (χ3n) is 3.48. The van der Waals surface area contributed by atoms with Crippen molar-refractivity contribution in [1.29, 1.82) is 5.26 Å². The van der Waals surface area contributed by atoms with E-state index >= 15 is 0 Å². The Morgan fingerprint density at radius 1 is 1.38 bits per heavy atom. The molecule has 1 aromatic carbocycles. The fraction of sp³-hybridized carbons (Fsp3) is 0.353. The van der Waals surface area contributed by atoms with Crippen molar-refractivity contribution in [1.82, 2.24) is 5.32 Å². The minimum Gasteiger partial charge on any atom is -0.469 e. The van der Waals surface area contributed by atoms with Crippen LogP contribution in [-0.4, -0.2) is 24.6 Å². The van der Waals surface area contributed by atoms with Crippen molar-refractivity contribution in [2.45, 2.75) is 30.6 Å². The number of carbonyl (C=O) groups is 1. The first-order chi connectivity index (χ1) is 11.7. The predicted octanol–water partition coefficient (Wildman–Crippen LogP) is 3.59. The quantitative estimate of drug-likeness (QED) is 0.253. The first kappa shape index (κ1) is 18.3. The smallest absolute Gasteiger partial charge is 0.305 e. The van der Waals surface area contributed by atoms with Gasteiger partial charge in [-0.3, -0.25) is 4.79 Å². The van der Waals surface area contributed by atoms with E-state index in [-0.39, 0.29) is 5.97 Å². The zero-order chi connectivity index (χ0) is 17.4. The second-order valence-corrected chi connectivity index (χ2v) is 6.64. The Labute approximate surface area is 151 Å². The van der Waals surface area contributed by atoms with Crippen LogP contribution >= 0.6 is 24.0 Å². The zero-order valence-electron chi connectivity index (χ0n) is 13.4. The Kier molecular flexibility index (Phi) is 7.09. The fourth-order valence-corrected chi connectivity index (χ4v) is 3.52. The highest BCUT2D eigenvalue weighted by molar-refractivity contribution is 8.03. The van der Waals surface area contributed by atoms with Gasteiger partial charge in [-0.15, -0.1) is 0 Å². The summed E-state index contributed by atoms with van der Waals surface area (Å²) in [5.41, 5.74) is 1.46. The number of nitriles is 1. The molecular weight excluding hydrogens is 342 g/mol. The zero-order valence-corrected chi connectivity index (χ0v) is 15.1. The van der Waals surface area contributed by atoms with Crippen LogP contribution in [0, 0.1) is 11.3 Å². The molecule has 0 spiro atoms. The number of hydrogen-bond donors (Lipinski definition) is 2. The molecule has 0 bridgehead atoms. The van der Waals surface area contributed by atoms with Crippen LogP contribution in [0.1, 0.15) is 25.7 Å². The number of rotatable bonds is 7. The van der Waals surface area contributed by atoms with Crippen LogP contribution in [0.25, 0.3) is 0 Å². The fourth-order valence-electron chi connectivity index (χ4n) is 2.20. The van der Waals surface area contributed by atoms with Gasteiger partial charge in [-0.25, -0.2) is 0 Å². The van der Waals surface area contributed by atoms with Crippen LogP contribution in [0.3, 0.4) is 0 Å². The minimum absolute atomic E-state index is 0.182. The minimum atomic E-state index is -0.182. The highest BCUT2D eigenvalue weighted by Gasteiger charge is 2.20. The van der Waals surface area contributed by atoms with Gasteiger partial charge in [0.05, 0.1) is 17.8 Å². The molecule has 5 nitrogen and oxygen atoms in total. The third kappa shape index (κ3) is 4.98. The topological polar surface area (TPSA) is 74.1 Å². The van der Waals surface area contributed by atoms with E-state index in [2.05, 4.69) is 21.4 Å². The van der Waals surface area contributed by atoms with Crippen molar-refractivity contribution in [3.8, 4) is 6.07 Å². The number of nitrogens with zero attached hydrogens (tertiary/aromatic N) is 1. The van der Waals surface area contributed by atoms with Crippen LogP contribution in [0.2, 0.25) is 0 Å². The van der Waals surface area contributed by atoms with E-state index in [1.54, 1.807) is 0 Å². The number of nitrogens with one attached hydrogen (secondary N) is 2. The number of methoxy groups -OCH3 is 1. The molecule has 0 atom stereocenters. The lowest BCUT2D eigenvalue weighted by molar-refractivity contribution is -0.140. The van der Waals surface area contributed by atoms with Crippen molar-refractivity contribution >= 4 is 40.6 Å². The van der Waals surface area contributed by atoms with Gasteiger partial charge in [0.2, 0.25) is 0 Å². The lowest BCUT2D eigenvalue weighted by Gasteiger charge is -2.09. The van der Waals surface area contributed by atoms with Gasteiger partial charge in [0.15, 0.2) is 0 Å². The summed E-state index contributed by atoms with van der Waals surface area (Å²) < 4.78 is 4.60. The Hall–Kier alpha value is -2.04. The number of para-hydroxylation sites is 1. The van der Waals surface area contributed by atoms with Gasteiger partial charge in [0.1, 0.15) is 16.6 Å². The van der Waals surface area contributed by atoms with Crippen molar-refractivity contribution in [2.24, 2.45) is 0 Å². The SMILES string of the molecule is COC(=O)CCCCCNC(=S)/C(C#N)=C1/Nc2ccccc2S1. The van der Waals surface area contributed by atoms with Crippen molar-refractivity contribution in [2.75, 3.05) is 19.0 Å². The van der Waals surface area contributed by atoms with Crippen LogP contribution < -0.4 is 10.6 Å². The molecule has 0 saturated carbocycles. The molecule has 0 amide bonds. The van der Waals surface area contributed by atoms with E-state index in [1.165, 1.54) is 18.9 Å². The number of fused-ring (bicyclic) bond motifs is 1. The number of carbonyl (C=O) groups excluding carboxylic acids is 1. The van der Waals surface area contributed by atoms with Gasteiger partial charge in [-0.05, 0) is 25.0 Å². The average Bonchev–Trinajstić information content (AvgIpc) is 3.01. The van der Waals surface area contributed by atoms with Gasteiger partial charge >= 0.3 is 5.97 Å². The van der Waals surface area contributed by atoms with E-state index in [4.69, 9.17) is 12.2 Å². The normalized spacial score (nSPS) is 14.2. The molecule has 7 heteroatoms. The average molecular weight is 361 g/mol. The highest BCUT2D eigenvalue weighted by atomic mass is 32.2. The summed E-state index contributed by atoms with van der Waals surface area (Å²) in [6, 6.07) is 10.1. The molecule has 0 fully saturated rings. The standard InChI is InChI=1S/C17H19N3O2S2/c1-22-15(21)9-3-2-6-10-19-16(23)12(11-18)17-20-13-7-4-5-8-14(13)24-17/h4-5,7-8,20H,2-3,6,9-10H2,1H3,(H,19,23)/b17-12-. The monoisotopic (exact) mass is 361 g/mol. The summed E-state index contributed by atoms with van der Waals surface area (Å²) in [6.07, 6.45) is 3.01. The molecule has 1 aromatic rings. The Balaban J connectivity index is 1.80. The molecule has 0 saturated heterocycles. The van der Waals surface area contributed by atoms with Gasteiger partial charge in [0, 0.05) is 17.9 Å². The summed E-state index contributed by atoms with van der Waals surface area (Å²) in [5.74, 6) is -0.182. The molecule has 24 heavy (non-hydrogen) atoms. The third-order valence-corrected chi connectivity index (χ3v) is 4.92. The molecule has 0 unspecified atom stereocenters. The van der Waals surface area contributed by atoms with Crippen molar-refractivity contribution < 1.29 is 9.53 Å². The van der Waals surface area contributed by atoms with Gasteiger partial charge in [-0.1, -0.05) is 42.5 Å². The molecule has 0 aromatic heterocycles. The summed E-state index contributed by atoms with van der Waals surface area (Å²) in [6.45, 7) is 0.677. The lowest BCUT2D eigenvalue weighted by atomic mass is 10.2. The molecule has 0 radical (unpaired) electrons. The molecule has 126 valence electrons. The summed E-state index contributed by atoms with van der Waals surface area (Å²) in [4.78, 5) is 12.6. The van der Waals surface area contributed by atoms with Crippen LogP contribution in [0.5, 0.6) is 0 Å². The number of thioether (sulfide) groups is 1. The number of benzene rings is 1. The van der Waals surface area contributed by atoms with Crippen LogP contribution in [0.15, 0.2) is 39.8 Å². The number of unbranched alkanes of at least 4 members (excludes halogenated alkanes) is 2. The van der Waals surface area contributed by atoms with Crippen molar-refractivity contribution in [3.63, 3.8) is 0 Å². The molecule has 1 heterocycles. The Bertz CT molecular complexity index is 668. The first-order valence-corrected chi connectivity index (χ1v) is 8.91. The van der Waals surface area contributed by atoms with Crippen LogP contribution in [-0.2, 0) is 9.53 Å². The number of esters is 1. The first-order valence-electron chi connectivity index (χ1n) is 7.69. The largest absolute Gasteiger partial charge is 0.469 e. The molecule has 2 rings (SSSR count). The molecular formula is C17H19N3O2S2. The number of thiocarbonyl (C=S) groups is 1. The Morgan fingerprint density at radius 3 is 2.88 bits per heavy atom. The summed E-state index contributed by atoms with van der Waals surface area (Å²) >= 11 is 6.86. The molecule has 1 aliphatic heterocycles. The highest BCUT2D eigenvalue weighted by Crippen LogP contribution is 2.41. The van der Waals surface area contributed by atoms with E-state index in [0.717, 1.165) is 34.9 Å². The van der Waals surface area contributed by atoms with Gasteiger partial charge in [-0.2, -0.15) is 5.26 Å². The number of ether oxygens (including phenoxy) is 1. The van der Waals surface area contributed by atoms with E-state index in [0.29, 0.717) is 23.5 Å². The molecule has 2 N–H and O–H groups in total. The number of anilines is 1. The maximum atomic E-state index is 11.0. The number of hydrogen-bond acceptors (Lipinski definition) is 6. The van der Waals surface area contributed by atoms with E-state index in [9.17, 15) is 10.1 Å². The van der Waals surface area contributed by atoms with Gasteiger partial charge in [0.25, 0.3) is 0 Å². The summed E-state index contributed by atoms with van der Waals surface area (Å²) in [5, 5.41) is 16.5. The lowest BCUT2D eigenvalue weighted by Crippen LogP contribution is -2.25. The maximum Gasteiger partial charge on any atom is 0.305 e. The second kappa shape index (κ2) is 9.30. The van der Waals surface area contributed by atoms with E-state index in [1.807, 2.05) is 24.3 Å². The maximum absolute atomic E-state index is 11.0.